The maximum absolute atomic E-state index is 14.1. The maximum atomic E-state index is 14.1. The highest BCUT2D eigenvalue weighted by Gasteiger charge is 2.37. The van der Waals surface area contributed by atoms with Crippen molar-refractivity contribution in [2.45, 2.75) is 31.4 Å². The first kappa shape index (κ1) is 28.1. The van der Waals surface area contributed by atoms with Crippen LogP contribution in [0.15, 0.2) is 42.6 Å². The van der Waals surface area contributed by atoms with Crippen molar-refractivity contribution in [2.24, 2.45) is 0 Å². The van der Waals surface area contributed by atoms with Gasteiger partial charge in [-0.2, -0.15) is 18.2 Å². The average molecular weight is 575 g/mol. The molecule has 216 valence electrons. The monoisotopic (exact) mass is 574 g/mol. The van der Waals surface area contributed by atoms with Crippen molar-refractivity contribution in [1.29, 1.82) is 0 Å². The predicted octanol–water partition coefficient (Wildman–Crippen LogP) is 4.06. The van der Waals surface area contributed by atoms with Crippen molar-refractivity contribution in [3.63, 3.8) is 0 Å². The molecule has 0 radical (unpaired) electrons. The highest BCUT2D eigenvalue weighted by Crippen LogP contribution is 2.40. The summed E-state index contributed by atoms with van der Waals surface area (Å²) in [7, 11) is 2.92. The summed E-state index contributed by atoms with van der Waals surface area (Å²) in [5.41, 5.74) is -0.00894. The molecule has 14 heteroatoms. The molecule has 1 aromatic heterocycles. The Balaban J connectivity index is 1.41. The summed E-state index contributed by atoms with van der Waals surface area (Å²) in [5.74, 6) is -1.84. The van der Waals surface area contributed by atoms with E-state index in [1.54, 1.807) is 19.2 Å². The number of alkyl halides is 4. The average Bonchev–Trinajstić information content (AvgIpc) is 3.23. The van der Waals surface area contributed by atoms with Gasteiger partial charge < -0.3 is 30.3 Å². The van der Waals surface area contributed by atoms with Crippen LogP contribution >= 0.6 is 0 Å². The number of piperidine rings is 1. The number of hydrogen-bond donors (Lipinski definition) is 3. The van der Waals surface area contributed by atoms with Crippen LogP contribution in [-0.4, -0.2) is 66.1 Å². The van der Waals surface area contributed by atoms with Gasteiger partial charge in [-0.05, 0) is 42.8 Å². The van der Waals surface area contributed by atoms with Crippen molar-refractivity contribution >= 4 is 23.5 Å². The first-order valence-electron chi connectivity index (χ1n) is 12.6. The summed E-state index contributed by atoms with van der Waals surface area (Å²) in [4.78, 5) is 34.5. The summed E-state index contributed by atoms with van der Waals surface area (Å²) in [5, 5.41) is 8.37. The molecule has 0 bridgehead atoms. The molecule has 2 amide bonds. The standard InChI is InChI=1S/C27H26F4N6O4/c1-37-13-15-4-3-5-20(22(15)25(37)39)41-24-16(27(29,30)31)11-33-26(36-24)35-19-7-6-14(10-21(19)40-2)23(38)34-18-8-9-32-12-17(18)28/h3-7,10-11,17-18,32H,8-9,12-13H2,1-2H3,(H,34,38)(H,33,35,36)/t17-,18+/m0/s1. The van der Waals surface area contributed by atoms with E-state index >= 15 is 0 Å². The van der Waals surface area contributed by atoms with Crippen molar-refractivity contribution in [2.75, 3.05) is 32.6 Å². The molecule has 0 saturated carbocycles. The second kappa shape index (κ2) is 11.2. The Morgan fingerprint density at radius 1 is 1.20 bits per heavy atom. The zero-order valence-corrected chi connectivity index (χ0v) is 22.0. The minimum absolute atomic E-state index is 0.0655. The number of fused-ring (bicyclic) bond motifs is 1. The molecular weight excluding hydrogens is 548 g/mol. The predicted molar refractivity (Wildman–Crippen MR) is 139 cm³/mol. The number of carbonyl (C=O) groups excluding carboxylic acids is 2. The minimum atomic E-state index is -4.84. The number of carbonyl (C=O) groups is 2. The molecule has 2 atom stereocenters. The number of anilines is 2. The summed E-state index contributed by atoms with van der Waals surface area (Å²) in [6, 6.07) is 8.35. The number of rotatable bonds is 7. The van der Waals surface area contributed by atoms with Gasteiger partial charge in [0, 0.05) is 31.9 Å². The SMILES string of the molecule is COc1cc(C(=O)N[C@@H]2CCNC[C@@H]2F)ccc1Nc1ncc(C(F)(F)F)c(Oc2cccc3c2C(=O)N(C)C3)n1. The van der Waals surface area contributed by atoms with Crippen molar-refractivity contribution < 1.29 is 36.6 Å². The van der Waals surface area contributed by atoms with Crippen LogP contribution in [0.3, 0.4) is 0 Å². The quantitative estimate of drug-likeness (QED) is 0.362. The van der Waals surface area contributed by atoms with Crippen LogP contribution in [0.4, 0.5) is 29.2 Å². The minimum Gasteiger partial charge on any atom is -0.495 e. The third-order valence-electron chi connectivity index (χ3n) is 6.78. The number of aromatic nitrogens is 2. The lowest BCUT2D eigenvalue weighted by atomic mass is 10.0. The Morgan fingerprint density at radius 2 is 2.00 bits per heavy atom. The summed E-state index contributed by atoms with van der Waals surface area (Å²) < 4.78 is 66.5. The zero-order valence-electron chi connectivity index (χ0n) is 22.0. The van der Waals surface area contributed by atoms with E-state index in [9.17, 15) is 27.2 Å². The molecule has 1 saturated heterocycles. The van der Waals surface area contributed by atoms with E-state index in [1.165, 1.54) is 36.3 Å². The van der Waals surface area contributed by atoms with Crippen LogP contribution in [0, 0.1) is 0 Å². The van der Waals surface area contributed by atoms with Crippen molar-refractivity contribution in [3.8, 4) is 17.4 Å². The molecule has 2 aromatic carbocycles. The summed E-state index contributed by atoms with van der Waals surface area (Å²) >= 11 is 0. The van der Waals surface area contributed by atoms with E-state index in [1.807, 2.05) is 0 Å². The molecule has 3 aromatic rings. The highest BCUT2D eigenvalue weighted by molar-refractivity contribution is 6.01. The van der Waals surface area contributed by atoms with Crippen LogP contribution in [-0.2, 0) is 12.7 Å². The fourth-order valence-corrected chi connectivity index (χ4v) is 4.65. The molecular formula is C27H26F4N6O4. The van der Waals surface area contributed by atoms with Gasteiger partial charge in [0.25, 0.3) is 11.8 Å². The highest BCUT2D eigenvalue weighted by atomic mass is 19.4. The molecule has 41 heavy (non-hydrogen) atoms. The van der Waals surface area contributed by atoms with E-state index < -0.39 is 35.7 Å². The largest absolute Gasteiger partial charge is 0.495 e. The second-order valence-electron chi connectivity index (χ2n) is 9.59. The number of halogens is 4. The Hall–Kier alpha value is -4.46. The molecule has 2 aliphatic rings. The number of methoxy groups -OCH3 is 1. The molecule has 3 heterocycles. The molecule has 10 nitrogen and oxygen atoms in total. The van der Waals surface area contributed by atoms with Gasteiger partial charge in [-0.1, -0.05) is 12.1 Å². The zero-order chi connectivity index (χ0) is 29.3. The van der Waals surface area contributed by atoms with E-state index in [0.717, 1.165) is 0 Å². The molecule has 3 N–H and O–H groups in total. The summed E-state index contributed by atoms with van der Waals surface area (Å²) in [6.07, 6.45) is -5.05. The third-order valence-corrected chi connectivity index (χ3v) is 6.78. The van der Waals surface area contributed by atoms with Crippen LogP contribution in [0.5, 0.6) is 17.4 Å². The van der Waals surface area contributed by atoms with Gasteiger partial charge in [-0.15, -0.1) is 0 Å². The summed E-state index contributed by atoms with van der Waals surface area (Å²) in [6.45, 7) is 1.03. The first-order valence-corrected chi connectivity index (χ1v) is 12.6. The van der Waals surface area contributed by atoms with Gasteiger partial charge in [-0.3, -0.25) is 9.59 Å². The van der Waals surface area contributed by atoms with Crippen molar-refractivity contribution in [1.82, 2.24) is 25.5 Å². The Morgan fingerprint density at radius 3 is 2.73 bits per heavy atom. The van der Waals surface area contributed by atoms with E-state index in [4.69, 9.17) is 9.47 Å². The lowest BCUT2D eigenvalue weighted by molar-refractivity contribution is -0.139. The third kappa shape index (κ3) is 5.87. The van der Waals surface area contributed by atoms with Crippen LogP contribution in [0.25, 0.3) is 0 Å². The molecule has 2 aliphatic heterocycles. The lowest BCUT2D eigenvalue weighted by Gasteiger charge is -2.27. The smallest absolute Gasteiger partial charge is 0.423 e. The topological polar surface area (TPSA) is 118 Å². The van der Waals surface area contributed by atoms with Gasteiger partial charge in [0.1, 0.15) is 23.2 Å². The second-order valence-corrected chi connectivity index (χ2v) is 9.59. The molecule has 5 rings (SSSR count). The Bertz CT molecular complexity index is 1480. The van der Waals surface area contributed by atoms with Crippen LogP contribution in [0.1, 0.15) is 38.3 Å². The number of hydrogen-bond acceptors (Lipinski definition) is 8. The first-order chi connectivity index (χ1) is 19.5. The van der Waals surface area contributed by atoms with Gasteiger partial charge >= 0.3 is 6.18 Å². The van der Waals surface area contributed by atoms with E-state index in [0.29, 0.717) is 31.3 Å². The van der Waals surface area contributed by atoms with Gasteiger partial charge in [0.2, 0.25) is 11.8 Å². The van der Waals surface area contributed by atoms with E-state index in [2.05, 4.69) is 25.9 Å². The van der Waals surface area contributed by atoms with Gasteiger partial charge in [0.15, 0.2) is 0 Å². The number of ether oxygens (including phenoxy) is 2. The van der Waals surface area contributed by atoms with E-state index in [-0.39, 0.29) is 46.7 Å². The number of benzene rings is 2. The fraction of sp³-hybridized carbons (Fsp3) is 0.333. The molecule has 1 fully saturated rings. The lowest BCUT2D eigenvalue weighted by Crippen LogP contribution is -2.50. The van der Waals surface area contributed by atoms with Gasteiger partial charge in [0.05, 0.1) is 24.4 Å². The number of amides is 2. The molecule has 0 aliphatic carbocycles. The fourth-order valence-electron chi connectivity index (χ4n) is 4.65. The Kier molecular flexibility index (Phi) is 7.67. The Labute approximate surface area is 232 Å². The number of nitrogens with zero attached hydrogens (tertiary/aromatic N) is 3. The van der Waals surface area contributed by atoms with Crippen LogP contribution in [0.2, 0.25) is 0 Å². The van der Waals surface area contributed by atoms with Crippen LogP contribution < -0.4 is 25.4 Å². The normalized spacial score (nSPS) is 18.6. The maximum Gasteiger partial charge on any atom is 0.423 e. The molecule has 0 spiro atoms. The van der Waals surface area contributed by atoms with Gasteiger partial charge in [-0.25, -0.2) is 9.37 Å². The van der Waals surface area contributed by atoms with Crippen molar-refractivity contribution in [3.05, 3.63) is 64.8 Å². The molecule has 0 unspecified atom stereocenters. The number of nitrogens with one attached hydrogen (secondary N) is 3.